The van der Waals surface area contributed by atoms with Gasteiger partial charge in [0.1, 0.15) is 0 Å². The van der Waals surface area contributed by atoms with Crippen LogP contribution in [0.2, 0.25) is 0 Å². The lowest BCUT2D eigenvalue weighted by Gasteiger charge is -2.47. The Morgan fingerprint density at radius 2 is 1.66 bits per heavy atom. The van der Waals surface area contributed by atoms with Crippen molar-refractivity contribution in [1.29, 1.82) is 0 Å². The van der Waals surface area contributed by atoms with Gasteiger partial charge in [-0.05, 0) is 87.8 Å². The van der Waals surface area contributed by atoms with E-state index in [1.165, 1.54) is 0 Å². The molecule has 2 aromatic heterocycles. The van der Waals surface area contributed by atoms with Gasteiger partial charge in [0, 0.05) is 42.0 Å². The number of carbonyl (C=O) groups is 1. The summed E-state index contributed by atoms with van der Waals surface area (Å²) in [5.74, 6) is 1.86. The molecule has 4 aliphatic carbocycles. The van der Waals surface area contributed by atoms with Gasteiger partial charge < -0.3 is 19.1 Å². The van der Waals surface area contributed by atoms with Gasteiger partial charge in [0.15, 0.2) is 17.2 Å². The van der Waals surface area contributed by atoms with E-state index in [1.54, 1.807) is 11.0 Å². The molecule has 0 saturated heterocycles. The van der Waals surface area contributed by atoms with Crippen molar-refractivity contribution in [3.8, 4) is 11.5 Å². The molecule has 4 fully saturated rings. The topological polar surface area (TPSA) is 118 Å². The van der Waals surface area contributed by atoms with Gasteiger partial charge in [-0.15, -0.1) is 0 Å². The highest BCUT2D eigenvalue weighted by atomic mass is 19.4. The van der Waals surface area contributed by atoms with Crippen molar-refractivity contribution < 1.29 is 32.1 Å². The van der Waals surface area contributed by atoms with Gasteiger partial charge in [-0.25, -0.2) is 0 Å². The number of carbonyl (C=O) groups excluding carboxylic acids is 1. The van der Waals surface area contributed by atoms with Crippen molar-refractivity contribution in [3.05, 3.63) is 41.8 Å². The highest BCUT2D eigenvalue weighted by Gasteiger charge is 2.63. The molecule has 1 aromatic carbocycles. The molecule has 4 saturated carbocycles. The Morgan fingerprint density at radius 1 is 0.977 bits per heavy atom. The summed E-state index contributed by atoms with van der Waals surface area (Å²) in [6.45, 7) is 0.380. The van der Waals surface area contributed by atoms with E-state index in [9.17, 15) is 23.1 Å². The summed E-state index contributed by atoms with van der Waals surface area (Å²) in [6, 6.07) is 7.26. The summed E-state index contributed by atoms with van der Waals surface area (Å²) in [6.07, 6.45) is 5.49. The largest absolute Gasteiger partial charge is 0.417 e. The van der Waals surface area contributed by atoms with E-state index >= 15 is 0 Å². The number of hydrogen-bond donors (Lipinski definition) is 1. The molecule has 0 atom stereocenters. The number of nitrogens with zero attached hydrogens (tertiary/aromatic N) is 5. The molecular weight excluding hydrogens is 575 g/mol. The summed E-state index contributed by atoms with van der Waals surface area (Å²) in [7, 11) is 0. The first-order chi connectivity index (χ1) is 21.1. The average molecular weight is 614 g/mol. The molecule has 0 unspecified atom stereocenters. The van der Waals surface area contributed by atoms with Crippen LogP contribution in [-0.2, 0) is 11.2 Å². The molecule has 1 N–H and O–H groups in total. The molecule has 3 aromatic rings. The lowest BCUT2D eigenvalue weighted by molar-refractivity contribution is -0.295. The van der Waals surface area contributed by atoms with Gasteiger partial charge in [0.2, 0.25) is 11.8 Å². The average Bonchev–Trinajstić information content (AvgIpc) is 3.93. The quantitative estimate of drug-likeness (QED) is 0.249. The lowest BCUT2D eigenvalue weighted by Crippen LogP contribution is -2.59. The molecule has 0 radical (unpaired) electrons. The second-order valence-electron chi connectivity index (χ2n) is 13.6. The number of hydrogen-bond acceptors (Lipinski definition) is 8. The predicted octanol–water partition coefficient (Wildman–Crippen LogP) is 6.88. The Bertz CT molecular complexity index is 1480. The van der Waals surface area contributed by atoms with E-state index in [0.29, 0.717) is 53.7 Å². The van der Waals surface area contributed by atoms with E-state index in [0.717, 1.165) is 76.5 Å². The minimum Gasteiger partial charge on any atom is -0.380 e. The number of aliphatic hydroxyl groups is 1. The number of benzene rings is 1. The van der Waals surface area contributed by atoms with Crippen LogP contribution < -0.4 is 4.90 Å². The molecular formula is C32H38F3N5O4. The maximum absolute atomic E-state index is 14.0. The van der Waals surface area contributed by atoms with Crippen LogP contribution in [-0.4, -0.2) is 49.6 Å². The molecule has 0 bridgehead atoms. The van der Waals surface area contributed by atoms with Crippen LogP contribution >= 0.6 is 0 Å². The zero-order valence-electron chi connectivity index (χ0n) is 24.7. The van der Waals surface area contributed by atoms with Crippen molar-refractivity contribution in [3.63, 3.8) is 0 Å². The fourth-order valence-electron chi connectivity index (χ4n) is 6.96. The van der Waals surface area contributed by atoms with Crippen molar-refractivity contribution in [2.75, 3.05) is 11.4 Å². The Morgan fingerprint density at radius 3 is 2.34 bits per heavy atom. The van der Waals surface area contributed by atoms with E-state index in [4.69, 9.17) is 9.05 Å². The first-order valence-corrected chi connectivity index (χ1v) is 16.0. The molecule has 236 valence electrons. The Hall–Kier alpha value is -3.28. The van der Waals surface area contributed by atoms with E-state index in [-0.39, 0.29) is 5.41 Å². The molecule has 2 heterocycles. The highest BCUT2D eigenvalue weighted by Crippen LogP contribution is 2.50. The minimum absolute atomic E-state index is 0.211. The summed E-state index contributed by atoms with van der Waals surface area (Å²) in [4.78, 5) is 24.8. The molecule has 1 amide bonds. The monoisotopic (exact) mass is 613 g/mol. The first-order valence-electron chi connectivity index (χ1n) is 16.0. The number of alkyl halides is 3. The van der Waals surface area contributed by atoms with Crippen LogP contribution in [0.5, 0.6) is 0 Å². The SMILES string of the molecule is O=C([C@H]1C[C@](O)(C(F)(F)F)C1)N(CC1(CCCc2nc(C3CC3)no2)CCCCC1)c1cccc(-c2nc(C3CC3)no2)c1. The maximum Gasteiger partial charge on any atom is 0.417 e. The molecule has 4 aliphatic rings. The van der Waals surface area contributed by atoms with Crippen LogP contribution in [0.15, 0.2) is 33.3 Å². The number of aromatic nitrogens is 4. The zero-order valence-corrected chi connectivity index (χ0v) is 24.7. The Balaban J connectivity index is 1.13. The van der Waals surface area contributed by atoms with Crippen LogP contribution in [0.3, 0.4) is 0 Å². The number of rotatable bonds is 11. The Labute approximate surface area is 253 Å². The summed E-state index contributed by atoms with van der Waals surface area (Å²) in [5.41, 5.74) is -1.80. The van der Waals surface area contributed by atoms with Crippen molar-refractivity contribution in [2.24, 2.45) is 11.3 Å². The van der Waals surface area contributed by atoms with E-state index in [2.05, 4.69) is 20.3 Å². The summed E-state index contributed by atoms with van der Waals surface area (Å²) in [5, 5.41) is 18.4. The molecule has 7 rings (SSSR count). The lowest BCUT2D eigenvalue weighted by atomic mass is 9.68. The third-order valence-corrected chi connectivity index (χ3v) is 10.0. The minimum atomic E-state index is -4.77. The highest BCUT2D eigenvalue weighted by molar-refractivity contribution is 5.96. The Kier molecular flexibility index (Phi) is 7.53. The summed E-state index contributed by atoms with van der Waals surface area (Å²) < 4.78 is 51.5. The number of amides is 1. The molecule has 44 heavy (non-hydrogen) atoms. The fraction of sp³-hybridized carbons (Fsp3) is 0.656. The van der Waals surface area contributed by atoms with Crippen molar-refractivity contribution in [1.82, 2.24) is 20.3 Å². The van der Waals surface area contributed by atoms with Gasteiger partial charge in [-0.2, -0.15) is 23.1 Å². The molecule has 12 heteroatoms. The van der Waals surface area contributed by atoms with Gasteiger partial charge in [0.05, 0.1) is 0 Å². The standard InChI is InChI=1S/C32H38F3N5O4/c33-32(34,35)31(42)17-23(18-31)29(41)40(24-7-4-6-22(16-24)28-37-27(39-44-28)21-11-12-21)19-30(13-2-1-3-14-30)15-5-8-25-36-26(38-43-25)20-9-10-20/h4,6-7,16,20-21,23,42H,1-3,5,8-15,17-19H2/t23-,31+. The maximum atomic E-state index is 14.0. The predicted molar refractivity (Wildman–Crippen MR) is 153 cm³/mol. The third kappa shape index (κ3) is 6.01. The molecule has 9 nitrogen and oxygen atoms in total. The second kappa shape index (κ2) is 11.3. The van der Waals surface area contributed by atoms with Crippen LogP contribution in [0.25, 0.3) is 11.5 Å². The van der Waals surface area contributed by atoms with Crippen LogP contribution in [0.1, 0.15) is 113 Å². The molecule has 0 aliphatic heterocycles. The fourth-order valence-corrected chi connectivity index (χ4v) is 6.96. The third-order valence-electron chi connectivity index (χ3n) is 10.0. The summed E-state index contributed by atoms with van der Waals surface area (Å²) >= 11 is 0. The van der Waals surface area contributed by atoms with E-state index < -0.39 is 36.4 Å². The normalized spacial score (nSPS) is 25.0. The van der Waals surface area contributed by atoms with E-state index in [1.807, 2.05) is 18.2 Å². The molecule has 0 spiro atoms. The van der Waals surface area contributed by atoms with Gasteiger partial charge >= 0.3 is 6.18 Å². The number of anilines is 1. The van der Waals surface area contributed by atoms with Crippen LogP contribution in [0, 0.1) is 11.3 Å². The zero-order chi connectivity index (χ0) is 30.5. The number of aryl methyl sites for hydroxylation is 1. The van der Waals surface area contributed by atoms with Crippen molar-refractivity contribution in [2.45, 2.75) is 114 Å². The van der Waals surface area contributed by atoms with Gasteiger partial charge in [-0.1, -0.05) is 35.6 Å². The first kappa shape index (κ1) is 29.4. The smallest absolute Gasteiger partial charge is 0.380 e. The number of halogens is 3. The van der Waals surface area contributed by atoms with Crippen molar-refractivity contribution >= 4 is 11.6 Å². The second-order valence-corrected chi connectivity index (χ2v) is 13.6. The van der Waals surface area contributed by atoms with Gasteiger partial charge in [-0.3, -0.25) is 4.79 Å². The van der Waals surface area contributed by atoms with Crippen LogP contribution in [0.4, 0.5) is 18.9 Å². The van der Waals surface area contributed by atoms with Gasteiger partial charge in [0.25, 0.3) is 5.89 Å².